The van der Waals surface area contributed by atoms with Crippen LogP contribution in [0.4, 0.5) is 4.39 Å². The van der Waals surface area contributed by atoms with E-state index in [2.05, 4.69) is 19.2 Å². The number of nitrogens with zero attached hydrogens (tertiary/aromatic N) is 1. The minimum atomic E-state index is -1.33. The van der Waals surface area contributed by atoms with Gasteiger partial charge in [0.25, 0.3) is 0 Å². The van der Waals surface area contributed by atoms with Crippen molar-refractivity contribution in [3.05, 3.63) is 52.9 Å². The van der Waals surface area contributed by atoms with Gasteiger partial charge in [-0.25, -0.2) is 4.39 Å². The van der Waals surface area contributed by atoms with E-state index >= 15 is 0 Å². The van der Waals surface area contributed by atoms with Gasteiger partial charge in [-0.05, 0) is 69.2 Å². The summed E-state index contributed by atoms with van der Waals surface area (Å²) in [5, 5.41) is 14.8. The monoisotopic (exact) mass is 545 g/mol. The summed E-state index contributed by atoms with van der Waals surface area (Å²) in [6, 6.07) is 4.63. The van der Waals surface area contributed by atoms with Gasteiger partial charge >= 0.3 is 0 Å². The molecule has 4 N–H and O–H groups in total. The molecule has 0 fully saturated rings. The van der Waals surface area contributed by atoms with Crippen molar-refractivity contribution in [2.45, 2.75) is 72.8 Å². The molecule has 8 heteroatoms. The lowest BCUT2D eigenvalue weighted by molar-refractivity contribution is -0.132. The van der Waals surface area contributed by atoms with E-state index in [1.807, 2.05) is 31.7 Å². The summed E-state index contributed by atoms with van der Waals surface area (Å²) < 4.78 is 19.7. The van der Waals surface area contributed by atoms with Crippen molar-refractivity contribution in [1.82, 2.24) is 10.2 Å². The molecule has 0 bridgehead atoms. The summed E-state index contributed by atoms with van der Waals surface area (Å²) in [5.41, 5.74) is 6.64. The number of hydrogen-bond acceptors (Lipinski definition) is 5. The lowest BCUT2D eigenvalue weighted by atomic mass is 9.63. The molecule has 2 rings (SSSR count). The van der Waals surface area contributed by atoms with Gasteiger partial charge in [0.2, 0.25) is 11.8 Å². The van der Waals surface area contributed by atoms with Crippen molar-refractivity contribution in [2.24, 2.45) is 23.0 Å². The fourth-order valence-corrected chi connectivity index (χ4v) is 5.45. The van der Waals surface area contributed by atoms with Gasteiger partial charge in [-0.3, -0.25) is 9.59 Å². The number of nitrogens with one attached hydrogen (secondary N) is 1. The van der Waals surface area contributed by atoms with E-state index in [4.69, 9.17) is 10.5 Å². The number of allylic oxidation sites excluding steroid dienone is 2. The Hall–Kier alpha value is -2.71. The second-order valence-corrected chi connectivity index (χ2v) is 11.2. The van der Waals surface area contributed by atoms with Crippen LogP contribution in [0.25, 0.3) is 0 Å². The number of methoxy groups -OCH3 is 1. The number of carbonyl (C=O) groups is 2. The maximum Gasteiger partial charge on any atom is 0.249 e. The summed E-state index contributed by atoms with van der Waals surface area (Å²) >= 11 is 0. The van der Waals surface area contributed by atoms with Gasteiger partial charge in [0.15, 0.2) is 11.6 Å². The molecule has 1 aromatic rings. The lowest BCUT2D eigenvalue weighted by Gasteiger charge is -2.42. The second kappa shape index (κ2) is 15.2. The number of carbonyl (C=O) groups excluding carboxylic acids is 2. The van der Waals surface area contributed by atoms with Gasteiger partial charge in [0.1, 0.15) is 0 Å². The molecule has 0 aromatic heterocycles. The van der Waals surface area contributed by atoms with Gasteiger partial charge in [0.05, 0.1) is 18.6 Å². The predicted octanol–water partition coefficient (Wildman–Crippen LogP) is 4.39. The first kappa shape index (κ1) is 32.5. The lowest BCUT2D eigenvalue weighted by Crippen LogP contribution is -2.52. The maximum atomic E-state index is 14.6. The molecule has 1 aliphatic rings. The number of halogens is 1. The van der Waals surface area contributed by atoms with Crippen molar-refractivity contribution in [3.63, 3.8) is 0 Å². The molecular weight excluding hydrogens is 497 g/mol. The number of nitrogens with two attached hydrogens (primary N) is 1. The highest BCUT2D eigenvalue weighted by molar-refractivity contribution is 5.96. The molecule has 0 heterocycles. The third-order valence-corrected chi connectivity index (χ3v) is 7.43. The van der Waals surface area contributed by atoms with Crippen LogP contribution in [-0.4, -0.2) is 61.2 Å². The van der Waals surface area contributed by atoms with Crippen molar-refractivity contribution in [1.29, 1.82) is 0 Å². The van der Waals surface area contributed by atoms with E-state index in [0.717, 1.165) is 24.8 Å². The molecule has 7 nitrogen and oxygen atoms in total. The summed E-state index contributed by atoms with van der Waals surface area (Å²) in [6.07, 6.45) is 5.48. The molecule has 0 radical (unpaired) electrons. The molecule has 0 saturated carbocycles. The number of rotatable bonds is 16. The molecule has 1 aromatic carbocycles. The smallest absolute Gasteiger partial charge is 0.249 e. The van der Waals surface area contributed by atoms with Gasteiger partial charge in [-0.15, -0.1) is 0 Å². The zero-order valence-electron chi connectivity index (χ0n) is 24.6. The number of ether oxygens (including phenoxy) is 1. The Labute approximate surface area is 233 Å². The Morgan fingerprint density at radius 1 is 1.23 bits per heavy atom. The molecule has 1 unspecified atom stereocenters. The fraction of sp³-hybridized carbons (Fsp3) is 0.613. The van der Waals surface area contributed by atoms with E-state index in [9.17, 15) is 19.1 Å². The normalized spacial score (nSPS) is 18.8. The fourth-order valence-electron chi connectivity index (χ4n) is 5.45. The quantitative estimate of drug-likeness (QED) is 0.267. The molecule has 218 valence electrons. The zero-order chi connectivity index (χ0) is 29.2. The van der Waals surface area contributed by atoms with Crippen molar-refractivity contribution < 1.29 is 23.8 Å². The average Bonchev–Trinajstić information content (AvgIpc) is 2.88. The van der Waals surface area contributed by atoms with Crippen LogP contribution in [0.15, 0.2) is 41.5 Å². The summed E-state index contributed by atoms with van der Waals surface area (Å²) in [5.74, 6) is -1.33. The maximum absolute atomic E-state index is 14.6. The van der Waals surface area contributed by atoms with Crippen LogP contribution >= 0.6 is 0 Å². The summed E-state index contributed by atoms with van der Waals surface area (Å²) in [6.45, 7) is 12.3. The zero-order valence-corrected chi connectivity index (χ0v) is 24.6. The van der Waals surface area contributed by atoms with Gasteiger partial charge in [-0.1, -0.05) is 51.5 Å². The molecule has 0 spiro atoms. The molecule has 2 amide bonds. The van der Waals surface area contributed by atoms with Crippen LogP contribution in [0, 0.1) is 23.1 Å². The third kappa shape index (κ3) is 8.64. The molecule has 39 heavy (non-hydrogen) atoms. The number of aliphatic hydroxyl groups excluding tert-OH is 1. The van der Waals surface area contributed by atoms with Crippen LogP contribution in [0.3, 0.4) is 0 Å². The Balaban J connectivity index is 2.50. The van der Waals surface area contributed by atoms with Gasteiger partial charge in [0, 0.05) is 31.1 Å². The van der Waals surface area contributed by atoms with Crippen LogP contribution in [0.5, 0.6) is 5.75 Å². The standard InChI is InChI=1S/C31H48FN3O4/c1-7-13-35(14-8-2)29(37)24-15-22(5)18-31(19-24,30(33)38)25(27(36)20-34-12-11-21(3)4)16-23-9-10-28(39-6)26(32)17-23/h9-10,15,17-18,21,25,27,34,36H,7-8,11-14,16,19-20H2,1-6H3,(H2,33,38)/t25-,27+,31?/m1/s1. The summed E-state index contributed by atoms with van der Waals surface area (Å²) in [7, 11) is 1.40. The van der Waals surface area contributed by atoms with E-state index < -0.39 is 29.2 Å². The largest absolute Gasteiger partial charge is 0.494 e. The van der Waals surface area contributed by atoms with E-state index in [1.165, 1.54) is 19.2 Å². The molecule has 0 saturated heterocycles. The highest BCUT2D eigenvalue weighted by atomic mass is 19.1. The molecule has 3 atom stereocenters. The minimum absolute atomic E-state index is 0.0782. The minimum Gasteiger partial charge on any atom is -0.494 e. The highest BCUT2D eigenvalue weighted by Gasteiger charge is 2.48. The SMILES string of the molecule is CCCN(CCC)C(=O)C1=CC(C)=CC(C(N)=O)([C@H](Cc2ccc(OC)c(F)c2)[C@@H](O)CNCCC(C)C)C1. The first-order valence-electron chi connectivity index (χ1n) is 14.2. The molecular formula is C31H48FN3O4. The Bertz CT molecular complexity index is 1030. The number of aliphatic hydroxyl groups is 1. The first-order valence-corrected chi connectivity index (χ1v) is 14.2. The highest BCUT2D eigenvalue weighted by Crippen LogP contribution is 2.44. The van der Waals surface area contributed by atoms with E-state index in [1.54, 1.807) is 12.1 Å². The summed E-state index contributed by atoms with van der Waals surface area (Å²) in [4.78, 5) is 28.8. The van der Waals surface area contributed by atoms with Crippen LogP contribution in [0.2, 0.25) is 0 Å². The Morgan fingerprint density at radius 2 is 1.90 bits per heavy atom. The number of primary amides is 1. The number of hydrogen-bond donors (Lipinski definition) is 3. The van der Waals surface area contributed by atoms with Gasteiger partial charge < -0.3 is 25.8 Å². The van der Waals surface area contributed by atoms with Crippen molar-refractivity contribution >= 4 is 11.8 Å². The first-order chi connectivity index (χ1) is 18.5. The van der Waals surface area contributed by atoms with Crippen molar-refractivity contribution in [2.75, 3.05) is 33.3 Å². The third-order valence-electron chi connectivity index (χ3n) is 7.43. The second-order valence-electron chi connectivity index (χ2n) is 11.2. The van der Waals surface area contributed by atoms with E-state index in [0.29, 0.717) is 36.7 Å². The average molecular weight is 546 g/mol. The number of amides is 2. The molecule has 0 aliphatic heterocycles. The molecule has 1 aliphatic carbocycles. The van der Waals surface area contributed by atoms with Crippen molar-refractivity contribution in [3.8, 4) is 5.75 Å². The number of benzene rings is 1. The van der Waals surface area contributed by atoms with Crippen LogP contribution < -0.4 is 15.8 Å². The predicted molar refractivity (Wildman–Crippen MR) is 154 cm³/mol. The van der Waals surface area contributed by atoms with Gasteiger partial charge in [-0.2, -0.15) is 0 Å². The Kier molecular flexibility index (Phi) is 12.6. The van der Waals surface area contributed by atoms with Crippen LogP contribution in [-0.2, 0) is 16.0 Å². The topological polar surface area (TPSA) is 105 Å². The van der Waals surface area contributed by atoms with Crippen LogP contribution in [0.1, 0.15) is 65.9 Å². The Morgan fingerprint density at radius 3 is 2.44 bits per heavy atom. The van der Waals surface area contributed by atoms with E-state index in [-0.39, 0.29) is 31.0 Å².